The van der Waals surface area contributed by atoms with E-state index in [1.54, 1.807) is 25.2 Å². The molecule has 1 saturated heterocycles. The van der Waals surface area contributed by atoms with Crippen LogP contribution in [0.3, 0.4) is 0 Å². The van der Waals surface area contributed by atoms with Gasteiger partial charge in [0.2, 0.25) is 0 Å². The van der Waals surface area contributed by atoms with E-state index in [9.17, 15) is 19.2 Å². The lowest BCUT2D eigenvalue weighted by Gasteiger charge is -2.37. The summed E-state index contributed by atoms with van der Waals surface area (Å²) in [5.74, 6) is -1.65. The Morgan fingerprint density at radius 1 is 0.880 bits per heavy atom. The van der Waals surface area contributed by atoms with Crippen LogP contribution in [-0.4, -0.2) is 98.5 Å². The number of amides is 1. The van der Waals surface area contributed by atoms with Crippen LogP contribution in [0.25, 0.3) is 0 Å². The molecular weight excluding hydrogens is 686 g/mol. The van der Waals surface area contributed by atoms with Crippen LogP contribution in [0.1, 0.15) is 24.2 Å². The first-order valence-corrected chi connectivity index (χ1v) is 17.1. The molecule has 0 aromatic heterocycles. The molecule has 2 N–H and O–H groups in total. The number of fused-ring (bicyclic) bond motifs is 1. The van der Waals surface area contributed by atoms with Crippen LogP contribution in [-0.2, 0) is 23.9 Å². The van der Waals surface area contributed by atoms with E-state index in [1.807, 2.05) is 54.6 Å². The van der Waals surface area contributed by atoms with Gasteiger partial charge in [0.15, 0.2) is 6.10 Å². The third kappa shape index (κ3) is 10.4. The molecule has 2 atom stereocenters. The maximum Gasteiger partial charge on any atom is 0.328 e. The fourth-order valence-electron chi connectivity index (χ4n) is 5.66. The first-order chi connectivity index (χ1) is 24.0. The minimum absolute atomic E-state index is 0.236. The van der Waals surface area contributed by atoms with Crippen LogP contribution in [0.15, 0.2) is 83.8 Å². The largest absolute Gasteiger partial charge is 0.497 e. The summed E-state index contributed by atoms with van der Waals surface area (Å²) in [6, 6.07) is 21.2. The molecule has 3 aromatic carbocycles. The zero-order chi connectivity index (χ0) is 36.2. The number of para-hydroxylation sites is 2. The van der Waals surface area contributed by atoms with Crippen molar-refractivity contribution in [3.8, 4) is 11.5 Å². The summed E-state index contributed by atoms with van der Waals surface area (Å²) in [5.41, 5.74) is 2.76. The second kappa shape index (κ2) is 18.3. The molecule has 2 aliphatic rings. The first kappa shape index (κ1) is 38.1. The second-order valence-corrected chi connectivity index (χ2v) is 12.9. The predicted molar refractivity (Wildman–Crippen MR) is 192 cm³/mol. The molecule has 1 fully saturated rings. The molecule has 1 amide bonds. The molecule has 0 spiro atoms. The molecule has 14 heteroatoms. The average molecular weight is 726 g/mol. The maximum absolute atomic E-state index is 14.1. The minimum Gasteiger partial charge on any atom is -0.497 e. The zero-order valence-electron chi connectivity index (χ0n) is 28.0. The lowest BCUT2D eigenvalue weighted by Crippen LogP contribution is -2.48. The van der Waals surface area contributed by atoms with Crippen molar-refractivity contribution in [2.75, 3.05) is 63.3 Å². The molecule has 2 aliphatic heterocycles. The van der Waals surface area contributed by atoms with Gasteiger partial charge in [-0.3, -0.25) is 14.5 Å². The molecule has 0 saturated carbocycles. The van der Waals surface area contributed by atoms with Gasteiger partial charge < -0.3 is 34.2 Å². The van der Waals surface area contributed by atoms with Crippen molar-refractivity contribution >= 4 is 58.6 Å². The number of ether oxygens (including phenoxy) is 3. The fraction of sp³-hybridized carbons (Fsp3) is 0.333. The van der Waals surface area contributed by atoms with Crippen molar-refractivity contribution in [2.24, 2.45) is 0 Å². The normalized spacial score (nSPS) is 17.6. The molecule has 0 bridgehead atoms. The van der Waals surface area contributed by atoms with Gasteiger partial charge in [-0.25, -0.2) is 9.59 Å². The number of nitrogens with zero attached hydrogens (tertiary/aromatic N) is 3. The Labute approximate surface area is 300 Å². The highest BCUT2D eigenvalue weighted by molar-refractivity contribution is 7.99. The summed E-state index contributed by atoms with van der Waals surface area (Å²) < 4.78 is 16.6. The lowest BCUT2D eigenvalue weighted by atomic mass is 10.1. The number of anilines is 2. The van der Waals surface area contributed by atoms with Crippen molar-refractivity contribution in [2.45, 2.75) is 29.6 Å². The van der Waals surface area contributed by atoms with E-state index in [0.717, 1.165) is 66.7 Å². The summed E-state index contributed by atoms with van der Waals surface area (Å²) in [6.45, 7) is 6.33. The monoisotopic (exact) mass is 725 g/mol. The Bertz CT molecular complexity index is 1660. The minimum atomic E-state index is -1.26. The van der Waals surface area contributed by atoms with Gasteiger partial charge in [0.25, 0.3) is 5.91 Å². The van der Waals surface area contributed by atoms with Gasteiger partial charge in [0.1, 0.15) is 11.5 Å². The van der Waals surface area contributed by atoms with Crippen LogP contribution >= 0.6 is 23.4 Å². The van der Waals surface area contributed by atoms with E-state index in [-0.39, 0.29) is 5.91 Å². The summed E-state index contributed by atoms with van der Waals surface area (Å²) in [4.78, 5) is 52.9. The van der Waals surface area contributed by atoms with Crippen LogP contribution in [0, 0.1) is 0 Å². The average Bonchev–Trinajstić information content (AvgIpc) is 3.21. The number of thioether (sulfide) groups is 1. The van der Waals surface area contributed by atoms with Crippen LogP contribution in [0.5, 0.6) is 11.5 Å². The molecule has 266 valence electrons. The molecule has 3 aromatic rings. The number of hydrogen-bond acceptors (Lipinski definition) is 10. The predicted octanol–water partition coefficient (Wildman–Crippen LogP) is 5.39. The number of rotatable bonds is 11. The zero-order valence-corrected chi connectivity index (χ0v) is 29.6. The number of halogens is 1. The second-order valence-electron chi connectivity index (χ2n) is 11.3. The van der Waals surface area contributed by atoms with E-state index in [2.05, 4.69) is 15.9 Å². The molecule has 0 radical (unpaired) electrons. The Morgan fingerprint density at radius 3 is 2.14 bits per heavy atom. The number of benzene rings is 3. The van der Waals surface area contributed by atoms with Crippen molar-refractivity contribution in [1.29, 1.82) is 0 Å². The topological polar surface area (TPSA) is 146 Å². The number of carboxylic acids is 2. The SMILES string of the molecule is COc1ccc([C@@H]2Sc3cc(Cl)ccc3N(CCCN3CCN(c4ccccc4OC)CC3)C(=O)[C@@H]2OC(C)=O)cc1.O=C(O)C=CC(=O)O. The number of carbonyl (C=O) groups is 4. The van der Waals surface area contributed by atoms with Gasteiger partial charge in [-0.2, -0.15) is 0 Å². The van der Waals surface area contributed by atoms with Gasteiger partial charge in [-0.1, -0.05) is 35.9 Å². The molecule has 0 aliphatic carbocycles. The third-order valence-electron chi connectivity index (χ3n) is 8.01. The van der Waals surface area contributed by atoms with Crippen molar-refractivity contribution in [3.63, 3.8) is 0 Å². The van der Waals surface area contributed by atoms with Gasteiger partial charge in [-0.15, -0.1) is 11.8 Å². The smallest absolute Gasteiger partial charge is 0.328 e. The van der Waals surface area contributed by atoms with Gasteiger partial charge >= 0.3 is 17.9 Å². The number of hydrogen-bond donors (Lipinski definition) is 2. The molecule has 5 rings (SSSR count). The molecule has 50 heavy (non-hydrogen) atoms. The molecular formula is C36H40ClN3O9S. The summed E-state index contributed by atoms with van der Waals surface area (Å²) in [7, 11) is 3.31. The van der Waals surface area contributed by atoms with Crippen molar-refractivity contribution in [3.05, 3.63) is 89.5 Å². The number of esters is 1. The molecule has 0 unspecified atom stereocenters. The van der Waals surface area contributed by atoms with E-state index in [4.69, 9.17) is 36.0 Å². The Hall–Kier alpha value is -4.72. The summed E-state index contributed by atoms with van der Waals surface area (Å²) in [6.07, 6.45) is 0.897. The lowest BCUT2D eigenvalue weighted by molar-refractivity contribution is -0.152. The number of carboxylic acid groups (broad SMARTS) is 2. The number of carbonyl (C=O) groups excluding carboxylic acids is 2. The van der Waals surface area contributed by atoms with Crippen LogP contribution < -0.4 is 19.3 Å². The highest BCUT2D eigenvalue weighted by Gasteiger charge is 2.41. The Morgan fingerprint density at radius 2 is 1.54 bits per heavy atom. The van der Waals surface area contributed by atoms with E-state index >= 15 is 0 Å². The highest BCUT2D eigenvalue weighted by Crippen LogP contribution is 2.47. The van der Waals surface area contributed by atoms with Crippen LogP contribution in [0.4, 0.5) is 11.4 Å². The number of methoxy groups -OCH3 is 2. The van der Waals surface area contributed by atoms with Crippen molar-refractivity contribution < 1.29 is 43.6 Å². The standard InChI is InChI=1S/C32H36ClN3O5S.C4H4O4/c1-22(37)41-30-31(23-9-12-25(39-2)13-10-23)42-29-21-24(33)11-14-27(29)36(32(30)38)16-6-15-34-17-19-35(20-18-34)26-7-4-5-8-28(26)40-3;5-3(6)1-2-4(7)8/h4-5,7-14,21,30-31H,6,15-20H2,1-3H3;1-2H,(H,5,6)(H,7,8)/t30-,31+;/m1./s1. The Kier molecular flexibility index (Phi) is 14.0. The fourth-order valence-corrected chi connectivity index (χ4v) is 7.26. The first-order valence-electron chi connectivity index (χ1n) is 15.8. The third-order valence-corrected chi connectivity index (χ3v) is 9.60. The highest BCUT2D eigenvalue weighted by atomic mass is 35.5. The van der Waals surface area contributed by atoms with Gasteiger partial charge in [0, 0.05) is 61.7 Å². The van der Waals surface area contributed by atoms with E-state index in [0.29, 0.717) is 29.5 Å². The maximum atomic E-state index is 14.1. The van der Waals surface area contributed by atoms with Gasteiger partial charge in [-0.05, 0) is 61.0 Å². The quantitative estimate of drug-likeness (QED) is 0.193. The van der Waals surface area contributed by atoms with Crippen LogP contribution in [0.2, 0.25) is 5.02 Å². The number of piperazine rings is 1. The van der Waals surface area contributed by atoms with Crippen molar-refractivity contribution in [1.82, 2.24) is 4.90 Å². The summed E-state index contributed by atoms with van der Waals surface area (Å²) in [5, 5.41) is 15.8. The van der Waals surface area contributed by atoms with Gasteiger partial charge in [0.05, 0.1) is 30.8 Å². The number of aliphatic carboxylic acids is 2. The van der Waals surface area contributed by atoms with E-state index < -0.39 is 29.3 Å². The molecule has 12 nitrogen and oxygen atoms in total. The summed E-state index contributed by atoms with van der Waals surface area (Å²) >= 11 is 7.90. The molecule has 2 heterocycles. The van der Waals surface area contributed by atoms with E-state index in [1.165, 1.54) is 18.7 Å². The Balaban J connectivity index is 0.000000627.